The summed E-state index contributed by atoms with van der Waals surface area (Å²) in [6.45, 7) is 5.29. The van der Waals surface area contributed by atoms with E-state index in [2.05, 4.69) is 57.0 Å². The number of aromatic amines is 2. The van der Waals surface area contributed by atoms with Gasteiger partial charge in [-0.3, -0.25) is 9.59 Å². The minimum Gasteiger partial charge on any atom is -0.488 e. The Morgan fingerprint density at radius 2 is 1.52 bits per heavy atom. The van der Waals surface area contributed by atoms with Crippen LogP contribution < -0.4 is 15.4 Å². The van der Waals surface area contributed by atoms with Crippen molar-refractivity contribution in [3.05, 3.63) is 102 Å². The highest BCUT2D eigenvalue weighted by Gasteiger charge is 2.39. The van der Waals surface area contributed by atoms with Gasteiger partial charge < -0.3 is 44.6 Å². The van der Waals surface area contributed by atoms with Crippen molar-refractivity contribution in [3.8, 4) is 28.1 Å². The lowest BCUT2D eigenvalue weighted by Crippen LogP contribution is -2.51. The maximum atomic E-state index is 14.1. The van der Waals surface area contributed by atoms with Gasteiger partial charge in [-0.1, -0.05) is 62.4 Å². The Morgan fingerprint density at radius 1 is 0.803 bits per heavy atom. The van der Waals surface area contributed by atoms with E-state index >= 15 is 0 Å². The zero-order chi connectivity index (χ0) is 42.4. The molecule has 15 nitrogen and oxygen atoms in total. The highest BCUT2D eigenvalue weighted by atomic mass is 16.5. The molecule has 6 aromatic rings. The number of hydrogen-bond acceptors (Lipinski definition) is 9. The zero-order valence-corrected chi connectivity index (χ0v) is 34.5. The summed E-state index contributed by atoms with van der Waals surface area (Å²) in [6, 6.07) is 21.6. The molecule has 0 bridgehead atoms. The van der Waals surface area contributed by atoms with Crippen molar-refractivity contribution in [3.63, 3.8) is 0 Å². The van der Waals surface area contributed by atoms with Gasteiger partial charge >= 0.3 is 12.2 Å². The number of amides is 4. The average Bonchev–Trinajstić information content (AvgIpc) is 4.13. The van der Waals surface area contributed by atoms with Crippen LogP contribution in [0.1, 0.15) is 80.4 Å². The monoisotopic (exact) mass is 824 g/mol. The Labute approximate surface area is 352 Å². The average molecular weight is 825 g/mol. The molecule has 3 aliphatic heterocycles. The number of carbonyl (C=O) groups excluding carboxylic acids is 4. The number of imidazole rings is 2. The number of carbonyl (C=O) groups is 4. The van der Waals surface area contributed by atoms with Crippen molar-refractivity contribution in [2.45, 2.75) is 70.3 Å². The van der Waals surface area contributed by atoms with Crippen LogP contribution in [-0.4, -0.2) is 87.1 Å². The number of fused-ring (bicyclic) bond motifs is 6. The lowest BCUT2D eigenvalue weighted by molar-refractivity contribution is -0.135. The molecule has 0 radical (unpaired) electrons. The molecule has 4 aromatic carbocycles. The number of likely N-dealkylation sites (tertiary alicyclic amines) is 2. The number of rotatable bonds is 9. The molecule has 1 unspecified atom stereocenters. The van der Waals surface area contributed by atoms with Gasteiger partial charge in [0, 0.05) is 24.0 Å². The van der Waals surface area contributed by atoms with E-state index in [1.807, 2.05) is 55.1 Å². The summed E-state index contributed by atoms with van der Waals surface area (Å²) in [6.07, 6.45) is 3.63. The summed E-state index contributed by atoms with van der Waals surface area (Å²) in [5.41, 5.74) is 7.22. The predicted molar refractivity (Wildman–Crippen MR) is 227 cm³/mol. The van der Waals surface area contributed by atoms with Gasteiger partial charge in [0.2, 0.25) is 5.91 Å². The van der Waals surface area contributed by atoms with Crippen molar-refractivity contribution >= 4 is 45.8 Å². The Hall–Kier alpha value is -6.90. The number of alkyl carbamates (subject to hydrolysis) is 2. The van der Waals surface area contributed by atoms with Gasteiger partial charge in [0.25, 0.3) is 5.91 Å². The maximum Gasteiger partial charge on any atom is 0.407 e. The third kappa shape index (κ3) is 7.38. The first-order valence-electron chi connectivity index (χ1n) is 20.7. The van der Waals surface area contributed by atoms with Gasteiger partial charge in [-0.15, -0.1) is 0 Å². The number of aromatic nitrogens is 4. The first-order chi connectivity index (χ1) is 29.6. The minimum absolute atomic E-state index is 0.120. The summed E-state index contributed by atoms with van der Waals surface area (Å²) in [5.74, 6) is 1.67. The van der Waals surface area contributed by atoms with Crippen molar-refractivity contribution in [2.75, 3.05) is 27.3 Å². The van der Waals surface area contributed by atoms with Crippen LogP contribution in [-0.2, 0) is 25.7 Å². The van der Waals surface area contributed by atoms with Crippen LogP contribution in [0.2, 0.25) is 0 Å². The second-order valence-electron chi connectivity index (χ2n) is 16.2. The van der Waals surface area contributed by atoms with Gasteiger partial charge in [-0.2, -0.15) is 0 Å². The van der Waals surface area contributed by atoms with Gasteiger partial charge in [0.15, 0.2) is 0 Å². The third-order valence-corrected chi connectivity index (χ3v) is 12.2. The highest BCUT2D eigenvalue weighted by molar-refractivity contribution is 6.07. The molecule has 5 heterocycles. The van der Waals surface area contributed by atoms with Gasteiger partial charge in [0.05, 0.1) is 49.2 Å². The maximum absolute atomic E-state index is 14.1. The van der Waals surface area contributed by atoms with E-state index in [1.54, 1.807) is 11.1 Å². The van der Waals surface area contributed by atoms with E-state index in [4.69, 9.17) is 24.2 Å². The van der Waals surface area contributed by atoms with Crippen molar-refractivity contribution in [1.29, 1.82) is 0 Å². The first-order valence-corrected chi connectivity index (χ1v) is 20.7. The number of hydrogen-bond donors (Lipinski definition) is 4. The molecule has 61 heavy (non-hydrogen) atoms. The summed E-state index contributed by atoms with van der Waals surface area (Å²) in [5, 5.41) is 7.38. The van der Waals surface area contributed by atoms with E-state index in [0.29, 0.717) is 36.9 Å². The Morgan fingerprint density at radius 3 is 2.26 bits per heavy atom. The SMILES string of the molecule is COC(=O)NC(C(=O)N1CCC[C@@H]1c1nc2c(ccc3cc4c(cc32)OCc2cc(-c3cnc([C@@H]5CCCN5C(=O)[C@@H](NC(=O)OC)C(C)C)[nH]3)ccc2-4)[nH]1)c1ccccc1. The Balaban J connectivity index is 0.959. The molecule has 9 rings (SSSR count). The molecule has 15 heteroatoms. The van der Waals surface area contributed by atoms with E-state index in [-0.39, 0.29) is 29.8 Å². The predicted octanol–water partition coefficient (Wildman–Crippen LogP) is 7.47. The van der Waals surface area contributed by atoms with E-state index in [9.17, 15) is 19.2 Å². The highest BCUT2D eigenvalue weighted by Crippen LogP contribution is 2.43. The van der Waals surface area contributed by atoms with Crippen molar-refractivity contribution < 1.29 is 33.4 Å². The molecule has 4 N–H and O–H groups in total. The molecule has 2 fully saturated rings. The second kappa shape index (κ2) is 16.3. The number of ether oxygens (including phenoxy) is 3. The topological polar surface area (TPSA) is 184 Å². The number of nitrogens with zero attached hydrogens (tertiary/aromatic N) is 4. The van der Waals surface area contributed by atoms with Crippen molar-refractivity contribution in [2.24, 2.45) is 5.92 Å². The molecule has 4 amide bonds. The van der Waals surface area contributed by atoms with E-state index < -0.39 is 24.3 Å². The largest absolute Gasteiger partial charge is 0.488 e. The molecule has 2 saturated heterocycles. The Bertz CT molecular complexity index is 2660. The third-order valence-electron chi connectivity index (χ3n) is 12.2. The van der Waals surface area contributed by atoms with Crippen molar-refractivity contribution in [1.82, 2.24) is 40.4 Å². The molecule has 4 atom stereocenters. The number of benzene rings is 4. The van der Waals surface area contributed by atoms with Crippen LogP contribution in [0.25, 0.3) is 44.2 Å². The van der Waals surface area contributed by atoms with Crippen LogP contribution in [0.5, 0.6) is 5.75 Å². The van der Waals surface area contributed by atoms with Crippen LogP contribution in [0.15, 0.2) is 79.0 Å². The molecule has 314 valence electrons. The molecule has 2 aromatic heterocycles. The first kappa shape index (κ1) is 39.6. The number of methoxy groups -OCH3 is 2. The van der Waals surface area contributed by atoms with E-state index in [0.717, 1.165) is 81.2 Å². The molecular weight excluding hydrogens is 777 g/mol. The second-order valence-corrected chi connectivity index (χ2v) is 16.2. The van der Waals surface area contributed by atoms with Crippen LogP contribution in [0.4, 0.5) is 9.59 Å². The standard InChI is InChI=1S/C46H48N8O7/c1-25(2)38(51-45(57)59-3)43(55)53-18-8-12-35(53)41-47-23-34(49-41)28-14-16-30-29(20-28)24-61-37-22-31-27(21-32(30)37)15-17-33-40(31)50-42(48-33)36-13-9-19-54(36)44(56)39(52-46(58)60-4)26-10-6-5-7-11-26/h5-7,10-11,14-17,20-23,25,35-36,38-39H,8-9,12-13,18-19,24H2,1-4H3,(H,47,49)(H,48,50)(H,51,57)(H,52,58)/t35-,36+,38-,39?/m0/s1. The fraction of sp³-hybridized carbons (Fsp3) is 0.348. The number of H-pyrrole nitrogens is 2. The number of nitrogens with one attached hydrogen (secondary N) is 4. The lowest BCUT2D eigenvalue weighted by Gasteiger charge is -2.30. The zero-order valence-electron chi connectivity index (χ0n) is 34.5. The molecule has 3 aliphatic rings. The summed E-state index contributed by atoms with van der Waals surface area (Å²) in [7, 11) is 2.57. The fourth-order valence-corrected chi connectivity index (χ4v) is 9.07. The Kier molecular flexibility index (Phi) is 10.6. The molecule has 0 spiro atoms. The normalized spacial score (nSPS) is 18.0. The lowest BCUT2D eigenvalue weighted by atomic mass is 9.92. The minimum atomic E-state index is -0.902. The van der Waals surface area contributed by atoms with Gasteiger partial charge in [0.1, 0.15) is 36.1 Å². The fourth-order valence-electron chi connectivity index (χ4n) is 9.07. The quantitative estimate of drug-likeness (QED) is 0.115. The van der Waals surface area contributed by atoms with E-state index in [1.165, 1.54) is 14.2 Å². The molecule has 0 aliphatic carbocycles. The van der Waals surface area contributed by atoms with Gasteiger partial charge in [-0.05, 0) is 83.5 Å². The molecule has 0 saturated carbocycles. The van der Waals surface area contributed by atoms with Crippen LogP contribution in [0, 0.1) is 5.92 Å². The summed E-state index contributed by atoms with van der Waals surface area (Å²) >= 11 is 0. The molecular formula is C46H48N8O7. The smallest absolute Gasteiger partial charge is 0.407 e. The summed E-state index contributed by atoms with van der Waals surface area (Å²) < 4.78 is 16.1. The summed E-state index contributed by atoms with van der Waals surface area (Å²) in [4.78, 5) is 72.5. The van der Waals surface area contributed by atoms with Gasteiger partial charge in [-0.25, -0.2) is 19.6 Å². The van der Waals surface area contributed by atoms with Crippen LogP contribution in [0.3, 0.4) is 0 Å². The van der Waals surface area contributed by atoms with Crippen LogP contribution >= 0.6 is 0 Å².